The van der Waals surface area contributed by atoms with Crippen LogP contribution in [0.4, 0.5) is 5.82 Å². The smallest absolute Gasteiger partial charge is 0.219 e. The van der Waals surface area contributed by atoms with E-state index in [-0.39, 0.29) is 18.4 Å². The maximum absolute atomic E-state index is 10.9. The number of rotatable bonds is 4. The number of nitriles is 1. The van der Waals surface area contributed by atoms with Crippen LogP contribution in [0.15, 0.2) is 6.07 Å². The molecule has 5 nitrogen and oxygen atoms in total. The minimum Gasteiger partial charge on any atom is -0.370 e. The van der Waals surface area contributed by atoms with Crippen molar-refractivity contribution in [2.45, 2.75) is 45.1 Å². The molecule has 1 aliphatic carbocycles. The van der Waals surface area contributed by atoms with Crippen molar-refractivity contribution in [3.63, 3.8) is 0 Å². The fourth-order valence-electron chi connectivity index (χ4n) is 2.42. The number of primary amides is 1. The lowest BCUT2D eigenvalue weighted by molar-refractivity contribution is -0.118. The van der Waals surface area contributed by atoms with Crippen LogP contribution in [-0.2, 0) is 17.6 Å². The van der Waals surface area contributed by atoms with Crippen molar-refractivity contribution in [1.82, 2.24) is 4.98 Å². The SMILES string of the molecule is CC(CC(N)=O)Nc1nc2c(cc1C#N)CCCC2. The van der Waals surface area contributed by atoms with Crippen molar-refractivity contribution in [3.8, 4) is 6.07 Å². The summed E-state index contributed by atoms with van der Waals surface area (Å²) >= 11 is 0. The summed E-state index contributed by atoms with van der Waals surface area (Å²) in [6.07, 6.45) is 4.48. The zero-order valence-corrected chi connectivity index (χ0v) is 11.1. The summed E-state index contributed by atoms with van der Waals surface area (Å²) in [5.41, 5.74) is 7.95. The van der Waals surface area contributed by atoms with E-state index in [0.29, 0.717) is 11.4 Å². The van der Waals surface area contributed by atoms with Crippen molar-refractivity contribution in [3.05, 3.63) is 22.9 Å². The molecule has 1 atom stereocenters. The van der Waals surface area contributed by atoms with Gasteiger partial charge in [0.05, 0.1) is 5.56 Å². The number of carbonyl (C=O) groups is 1. The number of aromatic nitrogens is 1. The van der Waals surface area contributed by atoms with Gasteiger partial charge in [-0.25, -0.2) is 4.98 Å². The zero-order chi connectivity index (χ0) is 13.8. The first kappa shape index (κ1) is 13.3. The number of amides is 1. The van der Waals surface area contributed by atoms with E-state index in [0.717, 1.165) is 31.4 Å². The molecule has 0 saturated carbocycles. The van der Waals surface area contributed by atoms with Gasteiger partial charge in [-0.3, -0.25) is 4.79 Å². The van der Waals surface area contributed by atoms with E-state index >= 15 is 0 Å². The van der Waals surface area contributed by atoms with Crippen molar-refractivity contribution in [2.24, 2.45) is 5.73 Å². The van der Waals surface area contributed by atoms with Crippen LogP contribution < -0.4 is 11.1 Å². The third kappa shape index (κ3) is 3.22. The molecule has 100 valence electrons. The van der Waals surface area contributed by atoms with Crippen LogP contribution in [0.5, 0.6) is 0 Å². The summed E-state index contributed by atoms with van der Waals surface area (Å²) in [5.74, 6) is 0.202. The minimum absolute atomic E-state index is 0.126. The van der Waals surface area contributed by atoms with Gasteiger partial charge in [0.15, 0.2) is 0 Å². The molecule has 0 radical (unpaired) electrons. The summed E-state index contributed by atoms with van der Waals surface area (Å²) < 4.78 is 0. The van der Waals surface area contributed by atoms with Gasteiger partial charge >= 0.3 is 0 Å². The van der Waals surface area contributed by atoms with Crippen LogP contribution in [-0.4, -0.2) is 16.9 Å². The predicted octanol–water partition coefficient (Wildman–Crippen LogP) is 1.51. The van der Waals surface area contributed by atoms with Gasteiger partial charge in [0.1, 0.15) is 11.9 Å². The largest absolute Gasteiger partial charge is 0.370 e. The molecule has 3 N–H and O–H groups in total. The topological polar surface area (TPSA) is 91.8 Å². The van der Waals surface area contributed by atoms with Crippen LogP contribution in [0.3, 0.4) is 0 Å². The normalized spacial score (nSPS) is 15.2. The average Bonchev–Trinajstić information content (AvgIpc) is 2.36. The Morgan fingerprint density at radius 2 is 2.32 bits per heavy atom. The lowest BCUT2D eigenvalue weighted by atomic mass is 9.95. The Morgan fingerprint density at radius 3 is 3.00 bits per heavy atom. The minimum atomic E-state index is -0.364. The summed E-state index contributed by atoms with van der Waals surface area (Å²) in [4.78, 5) is 15.4. The van der Waals surface area contributed by atoms with Gasteiger partial charge in [0.2, 0.25) is 5.91 Å². The molecule has 0 bridgehead atoms. The number of pyridine rings is 1. The van der Waals surface area contributed by atoms with Gasteiger partial charge in [-0.2, -0.15) is 5.26 Å². The molecule has 1 aromatic rings. The lowest BCUT2D eigenvalue weighted by Crippen LogP contribution is -2.25. The zero-order valence-electron chi connectivity index (χ0n) is 11.1. The molecule has 1 aromatic heterocycles. The monoisotopic (exact) mass is 258 g/mol. The number of hydrogen-bond donors (Lipinski definition) is 2. The Bertz CT molecular complexity index is 533. The first-order chi connectivity index (χ1) is 9.10. The third-order valence-electron chi connectivity index (χ3n) is 3.31. The molecule has 1 aliphatic rings. The first-order valence-corrected chi connectivity index (χ1v) is 6.58. The molecule has 0 aromatic carbocycles. The van der Waals surface area contributed by atoms with Gasteiger partial charge in [0.25, 0.3) is 0 Å². The highest BCUT2D eigenvalue weighted by Gasteiger charge is 2.16. The van der Waals surface area contributed by atoms with Gasteiger partial charge in [-0.1, -0.05) is 0 Å². The fraction of sp³-hybridized carbons (Fsp3) is 0.500. The highest BCUT2D eigenvalue weighted by Crippen LogP contribution is 2.24. The number of anilines is 1. The van der Waals surface area contributed by atoms with E-state index < -0.39 is 0 Å². The number of fused-ring (bicyclic) bond motifs is 1. The van der Waals surface area contributed by atoms with E-state index in [2.05, 4.69) is 16.4 Å². The van der Waals surface area contributed by atoms with E-state index in [4.69, 9.17) is 5.73 Å². The van der Waals surface area contributed by atoms with Gasteiger partial charge in [0, 0.05) is 18.2 Å². The molecule has 0 aliphatic heterocycles. The summed E-state index contributed by atoms with van der Waals surface area (Å²) in [6, 6.07) is 3.95. The number of hydrogen-bond acceptors (Lipinski definition) is 4. The van der Waals surface area contributed by atoms with Gasteiger partial charge < -0.3 is 11.1 Å². The molecule has 1 heterocycles. The third-order valence-corrected chi connectivity index (χ3v) is 3.31. The maximum Gasteiger partial charge on any atom is 0.219 e. The second kappa shape index (κ2) is 5.70. The molecule has 5 heteroatoms. The Balaban J connectivity index is 2.24. The number of nitrogens with one attached hydrogen (secondary N) is 1. The standard InChI is InChI=1S/C14H18N4O/c1-9(6-13(16)19)17-14-11(8-15)7-10-4-2-3-5-12(10)18-14/h7,9H,2-6H2,1H3,(H2,16,19)(H,17,18). The second-order valence-corrected chi connectivity index (χ2v) is 5.03. The summed E-state index contributed by atoms with van der Waals surface area (Å²) in [6.45, 7) is 1.85. The van der Waals surface area contributed by atoms with Gasteiger partial charge in [-0.05, 0) is 44.2 Å². The maximum atomic E-state index is 10.9. The van der Waals surface area contributed by atoms with Crippen LogP contribution in [0.2, 0.25) is 0 Å². The van der Waals surface area contributed by atoms with Crippen molar-refractivity contribution in [1.29, 1.82) is 5.26 Å². The molecular formula is C14H18N4O. The second-order valence-electron chi connectivity index (χ2n) is 5.03. The molecule has 19 heavy (non-hydrogen) atoms. The van der Waals surface area contributed by atoms with E-state index in [1.54, 1.807) is 0 Å². The molecule has 1 unspecified atom stereocenters. The lowest BCUT2D eigenvalue weighted by Gasteiger charge is -2.19. The number of aryl methyl sites for hydroxylation is 2. The van der Waals surface area contributed by atoms with Gasteiger partial charge in [-0.15, -0.1) is 0 Å². The predicted molar refractivity (Wildman–Crippen MR) is 72.5 cm³/mol. The Kier molecular flexibility index (Phi) is 4.00. The summed E-state index contributed by atoms with van der Waals surface area (Å²) in [7, 11) is 0. The fourth-order valence-corrected chi connectivity index (χ4v) is 2.42. The highest BCUT2D eigenvalue weighted by atomic mass is 16.1. The van der Waals surface area contributed by atoms with Crippen LogP contribution in [0.1, 0.15) is 43.0 Å². The molecule has 0 saturated heterocycles. The Hall–Kier alpha value is -2.09. The van der Waals surface area contributed by atoms with Crippen molar-refractivity contribution < 1.29 is 4.79 Å². The van der Waals surface area contributed by atoms with E-state index in [9.17, 15) is 10.1 Å². The van der Waals surface area contributed by atoms with Crippen LogP contribution in [0, 0.1) is 11.3 Å². The molecular weight excluding hydrogens is 240 g/mol. The number of nitrogens with two attached hydrogens (primary N) is 1. The van der Waals surface area contributed by atoms with Crippen molar-refractivity contribution in [2.75, 3.05) is 5.32 Å². The van der Waals surface area contributed by atoms with E-state index in [1.165, 1.54) is 5.56 Å². The Labute approximate surface area is 112 Å². The van der Waals surface area contributed by atoms with Crippen LogP contribution >= 0.6 is 0 Å². The quantitative estimate of drug-likeness (QED) is 0.856. The molecule has 0 fully saturated rings. The molecule has 2 rings (SSSR count). The Morgan fingerprint density at radius 1 is 1.58 bits per heavy atom. The number of carbonyl (C=O) groups excluding carboxylic acids is 1. The van der Waals surface area contributed by atoms with E-state index in [1.807, 2.05) is 13.0 Å². The van der Waals surface area contributed by atoms with Crippen LogP contribution in [0.25, 0.3) is 0 Å². The molecule has 0 spiro atoms. The number of nitrogens with zero attached hydrogens (tertiary/aromatic N) is 2. The highest BCUT2D eigenvalue weighted by molar-refractivity contribution is 5.75. The first-order valence-electron chi connectivity index (χ1n) is 6.58. The van der Waals surface area contributed by atoms with Crippen molar-refractivity contribution >= 4 is 11.7 Å². The molecule has 1 amide bonds. The summed E-state index contributed by atoms with van der Waals surface area (Å²) in [5, 5.41) is 12.3. The average molecular weight is 258 g/mol.